The van der Waals surface area contributed by atoms with Crippen LogP contribution in [-0.2, 0) is 0 Å². The van der Waals surface area contributed by atoms with Crippen LogP contribution in [0, 0.1) is 0 Å². The lowest BCUT2D eigenvalue weighted by Crippen LogP contribution is -2.42. The SMILES string of the molecule is CCNC1CCN(c2cccc(C(C)=O)c2)CC1. The van der Waals surface area contributed by atoms with Crippen molar-refractivity contribution in [3.8, 4) is 0 Å². The van der Waals surface area contributed by atoms with E-state index >= 15 is 0 Å². The summed E-state index contributed by atoms with van der Waals surface area (Å²) in [4.78, 5) is 13.8. The highest BCUT2D eigenvalue weighted by Crippen LogP contribution is 2.21. The Morgan fingerprint density at radius 3 is 2.72 bits per heavy atom. The van der Waals surface area contributed by atoms with Gasteiger partial charge in [0.15, 0.2) is 5.78 Å². The van der Waals surface area contributed by atoms with Crippen molar-refractivity contribution in [1.82, 2.24) is 5.32 Å². The zero-order chi connectivity index (χ0) is 13.0. The second-order valence-corrected chi connectivity index (χ2v) is 4.93. The first-order chi connectivity index (χ1) is 8.70. The van der Waals surface area contributed by atoms with Crippen LogP contribution >= 0.6 is 0 Å². The number of rotatable bonds is 4. The zero-order valence-corrected chi connectivity index (χ0v) is 11.3. The van der Waals surface area contributed by atoms with Gasteiger partial charge in [-0.3, -0.25) is 4.79 Å². The average Bonchev–Trinajstić information content (AvgIpc) is 2.40. The fourth-order valence-electron chi connectivity index (χ4n) is 2.55. The summed E-state index contributed by atoms with van der Waals surface area (Å²) in [6, 6.07) is 8.62. The first-order valence-corrected chi connectivity index (χ1v) is 6.80. The highest BCUT2D eigenvalue weighted by atomic mass is 16.1. The van der Waals surface area contributed by atoms with E-state index in [4.69, 9.17) is 0 Å². The van der Waals surface area contributed by atoms with Crippen LogP contribution < -0.4 is 10.2 Å². The molecule has 1 heterocycles. The van der Waals surface area contributed by atoms with Gasteiger partial charge in [-0.25, -0.2) is 0 Å². The van der Waals surface area contributed by atoms with Crippen LogP contribution in [0.15, 0.2) is 24.3 Å². The van der Waals surface area contributed by atoms with Gasteiger partial charge >= 0.3 is 0 Å². The topological polar surface area (TPSA) is 32.3 Å². The van der Waals surface area contributed by atoms with Crippen molar-refractivity contribution in [2.75, 3.05) is 24.5 Å². The van der Waals surface area contributed by atoms with Crippen molar-refractivity contribution in [2.45, 2.75) is 32.7 Å². The van der Waals surface area contributed by atoms with Gasteiger partial charge in [0.05, 0.1) is 0 Å². The number of carbonyl (C=O) groups excluding carboxylic acids is 1. The fourth-order valence-corrected chi connectivity index (χ4v) is 2.55. The number of nitrogens with zero attached hydrogens (tertiary/aromatic N) is 1. The number of ketones is 1. The molecule has 1 saturated heterocycles. The second-order valence-electron chi connectivity index (χ2n) is 4.93. The first-order valence-electron chi connectivity index (χ1n) is 6.80. The van der Waals surface area contributed by atoms with Gasteiger partial charge in [-0.15, -0.1) is 0 Å². The minimum atomic E-state index is 0.138. The molecule has 2 rings (SSSR count). The Labute approximate surface area is 109 Å². The summed E-state index contributed by atoms with van der Waals surface area (Å²) in [5.41, 5.74) is 1.99. The molecule has 3 nitrogen and oxygen atoms in total. The third-order valence-electron chi connectivity index (χ3n) is 3.61. The maximum atomic E-state index is 11.4. The van der Waals surface area contributed by atoms with E-state index in [1.165, 1.54) is 18.5 Å². The zero-order valence-electron chi connectivity index (χ0n) is 11.3. The van der Waals surface area contributed by atoms with Crippen molar-refractivity contribution in [3.05, 3.63) is 29.8 Å². The lowest BCUT2D eigenvalue weighted by atomic mass is 10.0. The van der Waals surface area contributed by atoms with Gasteiger partial charge in [-0.1, -0.05) is 19.1 Å². The summed E-state index contributed by atoms with van der Waals surface area (Å²) in [5, 5.41) is 3.51. The molecule has 3 heteroatoms. The molecule has 0 bridgehead atoms. The van der Waals surface area contributed by atoms with Gasteiger partial charge in [0.25, 0.3) is 0 Å². The number of benzene rings is 1. The van der Waals surface area contributed by atoms with Gasteiger partial charge in [0, 0.05) is 30.4 Å². The summed E-state index contributed by atoms with van der Waals surface area (Å²) >= 11 is 0. The van der Waals surface area contributed by atoms with Gasteiger partial charge < -0.3 is 10.2 Å². The first kappa shape index (κ1) is 13.1. The Hall–Kier alpha value is -1.35. The number of hydrogen-bond acceptors (Lipinski definition) is 3. The molecule has 1 aliphatic rings. The van der Waals surface area contributed by atoms with E-state index in [0.29, 0.717) is 6.04 Å². The molecule has 0 spiro atoms. The monoisotopic (exact) mass is 246 g/mol. The predicted molar refractivity (Wildman–Crippen MR) is 75.4 cm³/mol. The second kappa shape index (κ2) is 6.01. The van der Waals surface area contributed by atoms with Gasteiger partial charge in [-0.05, 0) is 38.4 Å². The fraction of sp³-hybridized carbons (Fsp3) is 0.533. The Bertz CT molecular complexity index is 409. The van der Waals surface area contributed by atoms with Crippen LogP contribution in [0.4, 0.5) is 5.69 Å². The van der Waals surface area contributed by atoms with Gasteiger partial charge in [0.2, 0.25) is 0 Å². The normalized spacial score (nSPS) is 16.9. The summed E-state index contributed by atoms with van der Waals surface area (Å²) < 4.78 is 0. The van der Waals surface area contributed by atoms with E-state index in [0.717, 1.165) is 25.2 Å². The molecule has 0 amide bonds. The Balaban J connectivity index is 2.01. The third-order valence-corrected chi connectivity index (χ3v) is 3.61. The Kier molecular flexibility index (Phi) is 4.37. The van der Waals surface area contributed by atoms with E-state index in [9.17, 15) is 4.79 Å². The summed E-state index contributed by atoms with van der Waals surface area (Å²) in [7, 11) is 0. The number of anilines is 1. The van der Waals surface area contributed by atoms with Crippen LogP contribution in [-0.4, -0.2) is 31.5 Å². The molecule has 1 fully saturated rings. The molecule has 1 aromatic carbocycles. The molecule has 1 aromatic rings. The molecular weight excluding hydrogens is 224 g/mol. The van der Waals surface area contributed by atoms with E-state index in [1.54, 1.807) is 6.92 Å². The maximum Gasteiger partial charge on any atom is 0.159 e. The maximum absolute atomic E-state index is 11.4. The predicted octanol–water partition coefficient (Wildman–Crippen LogP) is 2.47. The molecule has 1 aliphatic heterocycles. The van der Waals surface area contributed by atoms with Crippen molar-refractivity contribution < 1.29 is 4.79 Å². The van der Waals surface area contributed by atoms with Crippen molar-refractivity contribution in [2.24, 2.45) is 0 Å². The molecule has 18 heavy (non-hydrogen) atoms. The minimum absolute atomic E-state index is 0.138. The largest absolute Gasteiger partial charge is 0.371 e. The van der Waals surface area contributed by atoms with Crippen molar-refractivity contribution >= 4 is 11.5 Å². The molecule has 0 radical (unpaired) electrons. The number of Topliss-reactive ketones (excluding diaryl/α,β-unsaturated/α-hetero) is 1. The summed E-state index contributed by atoms with van der Waals surface area (Å²) in [6.45, 7) is 6.96. The highest BCUT2D eigenvalue weighted by Gasteiger charge is 2.18. The van der Waals surface area contributed by atoms with Crippen LogP contribution in [0.25, 0.3) is 0 Å². The summed E-state index contributed by atoms with van der Waals surface area (Å²) in [5.74, 6) is 0.138. The van der Waals surface area contributed by atoms with E-state index < -0.39 is 0 Å². The Morgan fingerprint density at radius 1 is 1.39 bits per heavy atom. The van der Waals surface area contributed by atoms with E-state index in [1.807, 2.05) is 18.2 Å². The lowest BCUT2D eigenvalue weighted by Gasteiger charge is -2.34. The number of hydrogen-bond donors (Lipinski definition) is 1. The van der Waals surface area contributed by atoms with Crippen LogP contribution in [0.3, 0.4) is 0 Å². The molecular formula is C15H22N2O. The smallest absolute Gasteiger partial charge is 0.159 e. The third kappa shape index (κ3) is 3.10. The average molecular weight is 246 g/mol. The van der Waals surface area contributed by atoms with Crippen LogP contribution in [0.1, 0.15) is 37.0 Å². The molecule has 98 valence electrons. The van der Waals surface area contributed by atoms with E-state index in [2.05, 4.69) is 23.2 Å². The molecule has 1 N–H and O–H groups in total. The highest BCUT2D eigenvalue weighted by molar-refractivity contribution is 5.94. The minimum Gasteiger partial charge on any atom is -0.371 e. The standard InChI is InChI=1S/C15H22N2O/c1-3-16-14-7-9-17(10-8-14)15-6-4-5-13(11-15)12(2)18/h4-6,11,14,16H,3,7-10H2,1-2H3. The number of nitrogens with one attached hydrogen (secondary N) is 1. The van der Waals surface area contributed by atoms with Crippen molar-refractivity contribution in [1.29, 1.82) is 0 Å². The van der Waals surface area contributed by atoms with Gasteiger partial charge in [-0.2, -0.15) is 0 Å². The van der Waals surface area contributed by atoms with Crippen LogP contribution in [0.5, 0.6) is 0 Å². The molecule has 0 aliphatic carbocycles. The van der Waals surface area contributed by atoms with E-state index in [-0.39, 0.29) is 5.78 Å². The molecule has 0 aromatic heterocycles. The molecule has 0 saturated carbocycles. The number of carbonyl (C=O) groups is 1. The molecule has 0 atom stereocenters. The van der Waals surface area contributed by atoms with Crippen LogP contribution in [0.2, 0.25) is 0 Å². The Morgan fingerprint density at radius 2 is 2.11 bits per heavy atom. The number of piperidine rings is 1. The summed E-state index contributed by atoms with van der Waals surface area (Å²) in [6.07, 6.45) is 2.36. The van der Waals surface area contributed by atoms with Gasteiger partial charge in [0.1, 0.15) is 0 Å². The van der Waals surface area contributed by atoms with Crippen molar-refractivity contribution in [3.63, 3.8) is 0 Å². The lowest BCUT2D eigenvalue weighted by molar-refractivity contribution is 0.101. The molecule has 0 unspecified atom stereocenters. The quantitative estimate of drug-likeness (QED) is 0.828.